The zero-order chi connectivity index (χ0) is 17.4. The Bertz CT molecular complexity index is 679. The van der Waals surface area contributed by atoms with E-state index in [1.807, 2.05) is 62.4 Å². The van der Waals surface area contributed by atoms with E-state index in [0.29, 0.717) is 0 Å². The van der Waals surface area contributed by atoms with Crippen LogP contribution in [-0.4, -0.2) is 25.0 Å². The first-order valence-corrected chi connectivity index (χ1v) is 7.85. The molecule has 0 heterocycles. The summed E-state index contributed by atoms with van der Waals surface area (Å²) in [6.45, 7) is 4.15. The molecule has 0 unspecified atom stereocenters. The van der Waals surface area contributed by atoms with Gasteiger partial charge in [0, 0.05) is 5.69 Å². The Hall–Kier alpha value is -2.82. The third kappa shape index (κ3) is 6.12. The van der Waals surface area contributed by atoms with Crippen molar-refractivity contribution in [2.24, 2.45) is 0 Å². The molecule has 24 heavy (non-hydrogen) atoms. The molecule has 2 N–H and O–H groups in total. The summed E-state index contributed by atoms with van der Waals surface area (Å²) in [5.41, 5.74) is 2.89. The number of aryl methyl sites for hydroxylation is 2. The minimum Gasteiger partial charge on any atom is -0.493 e. The van der Waals surface area contributed by atoms with E-state index in [4.69, 9.17) is 4.74 Å². The average molecular weight is 326 g/mol. The van der Waals surface area contributed by atoms with Crippen molar-refractivity contribution < 1.29 is 14.3 Å². The van der Waals surface area contributed by atoms with Crippen LogP contribution in [0.1, 0.15) is 17.5 Å². The summed E-state index contributed by atoms with van der Waals surface area (Å²) in [6, 6.07) is 15.1. The van der Waals surface area contributed by atoms with Gasteiger partial charge in [-0.05, 0) is 49.2 Å². The lowest BCUT2D eigenvalue weighted by molar-refractivity contribution is -0.124. The van der Waals surface area contributed by atoms with Gasteiger partial charge in [-0.3, -0.25) is 9.59 Å². The summed E-state index contributed by atoms with van der Waals surface area (Å²) in [4.78, 5) is 23.6. The molecule has 2 rings (SSSR count). The highest BCUT2D eigenvalue weighted by molar-refractivity contribution is 5.94. The van der Waals surface area contributed by atoms with Crippen LogP contribution in [0.4, 0.5) is 5.69 Å². The van der Waals surface area contributed by atoms with Gasteiger partial charge in [0.2, 0.25) is 11.8 Å². The summed E-state index contributed by atoms with van der Waals surface area (Å²) in [5, 5.41) is 5.36. The van der Waals surface area contributed by atoms with Crippen molar-refractivity contribution in [3.05, 3.63) is 59.7 Å². The number of ether oxygens (including phenoxy) is 1. The largest absolute Gasteiger partial charge is 0.493 e. The number of benzene rings is 2. The zero-order valence-electron chi connectivity index (χ0n) is 14.0. The van der Waals surface area contributed by atoms with E-state index in [9.17, 15) is 9.59 Å². The Labute approximate surface area is 142 Å². The van der Waals surface area contributed by atoms with Crippen molar-refractivity contribution in [3.8, 4) is 5.75 Å². The lowest BCUT2D eigenvalue weighted by Crippen LogP contribution is -2.33. The quantitative estimate of drug-likeness (QED) is 0.822. The Morgan fingerprint density at radius 1 is 0.958 bits per heavy atom. The molecule has 0 radical (unpaired) electrons. The Morgan fingerprint density at radius 2 is 1.62 bits per heavy atom. The average Bonchev–Trinajstić information content (AvgIpc) is 2.53. The number of para-hydroxylation sites is 1. The van der Waals surface area contributed by atoms with E-state index in [-0.39, 0.29) is 31.4 Å². The number of hydrogen-bond donors (Lipinski definition) is 2. The molecular weight excluding hydrogens is 304 g/mol. The smallest absolute Gasteiger partial charge is 0.243 e. The number of nitrogens with one attached hydrogen (secondary N) is 2. The minimum atomic E-state index is -0.252. The van der Waals surface area contributed by atoms with Gasteiger partial charge in [0.05, 0.1) is 19.6 Å². The molecule has 0 atom stereocenters. The van der Waals surface area contributed by atoms with Crippen LogP contribution in [0.2, 0.25) is 0 Å². The molecule has 0 aliphatic rings. The van der Waals surface area contributed by atoms with Gasteiger partial charge < -0.3 is 15.4 Å². The first-order valence-electron chi connectivity index (χ1n) is 7.85. The van der Waals surface area contributed by atoms with Crippen LogP contribution in [0.25, 0.3) is 0 Å². The second-order valence-electron chi connectivity index (χ2n) is 5.61. The van der Waals surface area contributed by atoms with Crippen molar-refractivity contribution >= 4 is 17.5 Å². The molecule has 2 aromatic carbocycles. The van der Waals surface area contributed by atoms with E-state index in [2.05, 4.69) is 10.6 Å². The van der Waals surface area contributed by atoms with Gasteiger partial charge in [0.25, 0.3) is 0 Å². The predicted molar refractivity (Wildman–Crippen MR) is 94.1 cm³/mol. The van der Waals surface area contributed by atoms with E-state index in [1.54, 1.807) is 0 Å². The lowest BCUT2D eigenvalue weighted by Gasteiger charge is -2.09. The first-order chi connectivity index (χ1) is 11.5. The van der Waals surface area contributed by atoms with Gasteiger partial charge in [-0.15, -0.1) is 0 Å². The first kappa shape index (κ1) is 17.5. The van der Waals surface area contributed by atoms with Gasteiger partial charge in [-0.1, -0.05) is 24.3 Å². The standard InChI is InChI=1S/C19H22N2O3/c1-14-10-15(2)12-16(11-14)21-19(23)13-20-18(22)8-9-24-17-6-4-3-5-7-17/h3-7,10-12H,8-9,13H2,1-2H3,(H,20,22)(H,21,23). The SMILES string of the molecule is Cc1cc(C)cc(NC(=O)CNC(=O)CCOc2ccccc2)c1. The fourth-order valence-corrected chi connectivity index (χ4v) is 2.30. The fourth-order valence-electron chi connectivity index (χ4n) is 2.30. The van der Waals surface area contributed by atoms with E-state index in [1.165, 1.54) is 0 Å². The predicted octanol–water partition coefficient (Wildman–Crippen LogP) is 2.83. The van der Waals surface area contributed by atoms with Crippen LogP contribution in [0, 0.1) is 13.8 Å². The molecule has 5 nitrogen and oxygen atoms in total. The highest BCUT2D eigenvalue weighted by atomic mass is 16.5. The van der Waals surface area contributed by atoms with E-state index in [0.717, 1.165) is 22.6 Å². The maximum Gasteiger partial charge on any atom is 0.243 e. The maximum absolute atomic E-state index is 11.9. The van der Waals surface area contributed by atoms with Crippen molar-refractivity contribution in [3.63, 3.8) is 0 Å². The fraction of sp³-hybridized carbons (Fsp3) is 0.263. The topological polar surface area (TPSA) is 67.4 Å². The van der Waals surface area contributed by atoms with Gasteiger partial charge in [-0.2, -0.15) is 0 Å². The summed E-state index contributed by atoms with van der Waals surface area (Å²) in [5.74, 6) is 0.247. The third-order valence-corrected chi connectivity index (χ3v) is 3.29. The van der Waals surface area contributed by atoms with E-state index < -0.39 is 0 Å². The highest BCUT2D eigenvalue weighted by Gasteiger charge is 2.07. The van der Waals surface area contributed by atoms with Gasteiger partial charge >= 0.3 is 0 Å². The monoisotopic (exact) mass is 326 g/mol. The second kappa shape index (κ2) is 8.72. The minimum absolute atomic E-state index is 0.0584. The third-order valence-electron chi connectivity index (χ3n) is 3.29. The molecule has 0 aliphatic carbocycles. The van der Waals surface area contributed by atoms with Crippen molar-refractivity contribution in [2.45, 2.75) is 20.3 Å². The molecule has 2 amide bonds. The number of carbonyl (C=O) groups excluding carboxylic acids is 2. The Balaban J connectivity index is 1.68. The van der Waals surface area contributed by atoms with Gasteiger partial charge in [0.15, 0.2) is 0 Å². The highest BCUT2D eigenvalue weighted by Crippen LogP contribution is 2.13. The summed E-state index contributed by atoms with van der Waals surface area (Å²) < 4.78 is 5.44. The van der Waals surface area contributed by atoms with Crippen molar-refractivity contribution in [1.29, 1.82) is 0 Å². The number of rotatable bonds is 7. The summed E-state index contributed by atoms with van der Waals surface area (Å²) >= 11 is 0. The van der Waals surface area contributed by atoms with Crippen molar-refractivity contribution in [2.75, 3.05) is 18.5 Å². The molecule has 0 bridgehead atoms. The van der Waals surface area contributed by atoms with Crippen LogP contribution in [0.15, 0.2) is 48.5 Å². The molecular formula is C19H22N2O3. The van der Waals surface area contributed by atoms with Crippen LogP contribution in [0.5, 0.6) is 5.75 Å². The van der Waals surface area contributed by atoms with Crippen molar-refractivity contribution in [1.82, 2.24) is 5.32 Å². The molecule has 0 spiro atoms. The van der Waals surface area contributed by atoms with Gasteiger partial charge in [0.1, 0.15) is 5.75 Å². The molecule has 2 aromatic rings. The molecule has 0 saturated heterocycles. The molecule has 5 heteroatoms. The summed E-state index contributed by atoms with van der Waals surface area (Å²) in [6.07, 6.45) is 0.200. The zero-order valence-corrected chi connectivity index (χ0v) is 14.0. The molecule has 126 valence electrons. The molecule has 0 fully saturated rings. The van der Waals surface area contributed by atoms with Crippen LogP contribution in [0.3, 0.4) is 0 Å². The summed E-state index contributed by atoms with van der Waals surface area (Å²) in [7, 11) is 0. The Morgan fingerprint density at radius 3 is 2.29 bits per heavy atom. The molecule has 0 saturated carbocycles. The molecule has 0 aliphatic heterocycles. The molecule has 0 aromatic heterocycles. The van der Waals surface area contributed by atoms with Crippen LogP contribution in [-0.2, 0) is 9.59 Å². The number of carbonyl (C=O) groups is 2. The van der Waals surface area contributed by atoms with Gasteiger partial charge in [-0.25, -0.2) is 0 Å². The normalized spacial score (nSPS) is 10.1. The lowest BCUT2D eigenvalue weighted by atomic mass is 10.1. The number of anilines is 1. The Kier molecular flexibility index (Phi) is 6.37. The van der Waals surface area contributed by atoms with Crippen LogP contribution >= 0.6 is 0 Å². The number of hydrogen-bond acceptors (Lipinski definition) is 3. The second-order valence-corrected chi connectivity index (χ2v) is 5.61. The maximum atomic E-state index is 11.9. The van der Waals surface area contributed by atoms with E-state index >= 15 is 0 Å². The number of amides is 2. The van der Waals surface area contributed by atoms with Crippen LogP contribution < -0.4 is 15.4 Å².